The summed E-state index contributed by atoms with van der Waals surface area (Å²) in [5.41, 5.74) is 4.05. The van der Waals surface area contributed by atoms with Crippen molar-refractivity contribution in [2.75, 3.05) is 0 Å². The number of carbonyl (C=O) groups is 1. The highest BCUT2D eigenvalue weighted by atomic mass is 16.1. The second-order valence-corrected chi connectivity index (χ2v) is 5.42. The molecule has 1 atom stereocenters. The third kappa shape index (κ3) is 3.64. The molecule has 0 aliphatic rings. The molecular formula is C20H18N2O. The molecule has 3 heteroatoms. The maximum Gasteiger partial charge on any atom is 0.251 e. The quantitative estimate of drug-likeness (QED) is 0.783. The third-order valence-corrected chi connectivity index (χ3v) is 3.81. The molecule has 0 aliphatic carbocycles. The second-order valence-electron chi connectivity index (χ2n) is 5.42. The van der Waals surface area contributed by atoms with E-state index in [0.29, 0.717) is 5.56 Å². The number of rotatable bonds is 4. The van der Waals surface area contributed by atoms with Gasteiger partial charge in [-0.2, -0.15) is 0 Å². The van der Waals surface area contributed by atoms with Gasteiger partial charge in [-0.15, -0.1) is 0 Å². The molecule has 0 spiro atoms. The summed E-state index contributed by atoms with van der Waals surface area (Å²) in [6.45, 7) is 1.98. The number of nitrogens with one attached hydrogen (secondary N) is 1. The molecule has 23 heavy (non-hydrogen) atoms. The molecule has 1 aromatic heterocycles. The van der Waals surface area contributed by atoms with Crippen LogP contribution in [0.2, 0.25) is 0 Å². The summed E-state index contributed by atoms with van der Waals surface area (Å²) in [5.74, 6) is -0.0907. The van der Waals surface area contributed by atoms with Gasteiger partial charge in [0.2, 0.25) is 0 Å². The molecule has 1 amide bonds. The lowest BCUT2D eigenvalue weighted by Gasteiger charge is -2.15. The van der Waals surface area contributed by atoms with Crippen LogP contribution in [0.15, 0.2) is 79.1 Å². The van der Waals surface area contributed by atoms with Crippen LogP contribution in [0.3, 0.4) is 0 Å². The van der Waals surface area contributed by atoms with Gasteiger partial charge in [-0.25, -0.2) is 0 Å². The van der Waals surface area contributed by atoms with Crippen molar-refractivity contribution >= 4 is 5.91 Å². The van der Waals surface area contributed by atoms with Gasteiger partial charge in [0.25, 0.3) is 5.91 Å². The number of nitrogens with zero attached hydrogens (tertiary/aromatic N) is 1. The van der Waals surface area contributed by atoms with E-state index in [1.165, 1.54) is 11.1 Å². The monoisotopic (exact) mass is 302 g/mol. The van der Waals surface area contributed by atoms with Crippen molar-refractivity contribution in [2.24, 2.45) is 0 Å². The predicted molar refractivity (Wildman–Crippen MR) is 92.0 cm³/mol. The van der Waals surface area contributed by atoms with E-state index in [1.54, 1.807) is 24.5 Å². The summed E-state index contributed by atoms with van der Waals surface area (Å²) in [4.78, 5) is 16.1. The van der Waals surface area contributed by atoms with Gasteiger partial charge in [0.05, 0.1) is 6.04 Å². The Morgan fingerprint density at radius 2 is 1.48 bits per heavy atom. The minimum absolute atomic E-state index is 0.0551. The minimum atomic E-state index is -0.0907. The van der Waals surface area contributed by atoms with Crippen LogP contribution < -0.4 is 5.32 Å². The summed E-state index contributed by atoms with van der Waals surface area (Å²) in [5, 5.41) is 3.00. The number of hydrogen-bond donors (Lipinski definition) is 1. The molecule has 2 aromatic carbocycles. The first-order chi connectivity index (χ1) is 11.2. The van der Waals surface area contributed by atoms with E-state index in [1.807, 2.05) is 25.1 Å². The van der Waals surface area contributed by atoms with E-state index in [4.69, 9.17) is 0 Å². The van der Waals surface area contributed by atoms with Crippen molar-refractivity contribution in [3.63, 3.8) is 0 Å². The smallest absolute Gasteiger partial charge is 0.251 e. The number of amides is 1. The normalized spacial score (nSPS) is 11.7. The Hall–Kier alpha value is -2.94. The first-order valence-corrected chi connectivity index (χ1v) is 7.60. The lowest BCUT2D eigenvalue weighted by Crippen LogP contribution is -2.26. The Bertz CT molecular complexity index is 768. The topological polar surface area (TPSA) is 42.0 Å². The number of aromatic nitrogens is 1. The molecule has 3 aromatic rings. The van der Waals surface area contributed by atoms with Crippen LogP contribution in [-0.2, 0) is 0 Å². The van der Waals surface area contributed by atoms with Crippen LogP contribution in [0, 0.1) is 0 Å². The Morgan fingerprint density at radius 1 is 0.870 bits per heavy atom. The van der Waals surface area contributed by atoms with Crippen molar-refractivity contribution in [3.05, 3.63) is 90.3 Å². The Morgan fingerprint density at radius 3 is 2.13 bits per heavy atom. The Labute approximate surface area is 136 Å². The average molecular weight is 302 g/mol. The first kappa shape index (κ1) is 15.0. The SMILES string of the molecule is C[C@@H](NC(=O)c1ccncc1)c1ccc(-c2ccccc2)cc1. The predicted octanol–water partition coefficient (Wildman–Crippen LogP) is 4.24. The molecule has 0 aliphatic heterocycles. The Kier molecular flexibility index (Phi) is 4.48. The highest BCUT2D eigenvalue weighted by Crippen LogP contribution is 2.21. The zero-order valence-electron chi connectivity index (χ0n) is 12.9. The number of benzene rings is 2. The van der Waals surface area contributed by atoms with Gasteiger partial charge in [0, 0.05) is 18.0 Å². The van der Waals surface area contributed by atoms with E-state index < -0.39 is 0 Å². The molecule has 0 saturated heterocycles. The lowest BCUT2D eigenvalue weighted by atomic mass is 10.0. The highest BCUT2D eigenvalue weighted by Gasteiger charge is 2.11. The van der Waals surface area contributed by atoms with E-state index in [2.05, 4.69) is 46.7 Å². The molecule has 0 fully saturated rings. The van der Waals surface area contributed by atoms with Crippen LogP contribution in [0.4, 0.5) is 0 Å². The fraction of sp³-hybridized carbons (Fsp3) is 0.100. The molecule has 0 bridgehead atoms. The van der Waals surface area contributed by atoms with Crippen molar-refractivity contribution in [1.82, 2.24) is 10.3 Å². The standard InChI is InChI=1S/C20H18N2O/c1-15(22-20(23)19-11-13-21-14-12-19)16-7-9-18(10-8-16)17-5-3-2-4-6-17/h2-15H,1H3,(H,22,23)/t15-/m1/s1. The van der Waals surface area contributed by atoms with Crippen LogP contribution in [0.25, 0.3) is 11.1 Å². The molecule has 0 saturated carbocycles. The molecule has 1 N–H and O–H groups in total. The average Bonchev–Trinajstić information content (AvgIpc) is 2.63. The second kappa shape index (κ2) is 6.88. The fourth-order valence-corrected chi connectivity index (χ4v) is 2.46. The van der Waals surface area contributed by atoms with Crippen molar-refractivity contribution in [1.29, 1.82) is 0 Å². The highest BCUT2D eigenvalue weighted by molar-refractivity contribution is 5.94. The van der Waals surface area contributed by atoms with E-state index in [9.17, 15) is 4.79 Å². The van der Waals surface area contributed by atoms with Gasteiger partial charge in [0.15, 0.2) is 0 Å². The van der Waals surface area contributed by atoms with Gasteiger partial charge < -0.3 is 5.32 Å². The fourth-order valence-electron chi connectivity index (χ4n) is 2.46. The van der Waals surface area contributed by atoms with Crippen LogP contribution in [-0.4, -0.2) is 10.9 Å². The first-order valence-electron chi connectivity index (χ1n) is 7.60. The van der Waals surface area contributed by atoms with Crippen LogP contribution in [0.5, 0.6) is 0 Å². The zero-order valence-corrected chi connectivity index (χ0v) is 12.9. The number of hydrogen-bond acceptors (Lipinski definition) is 2. The molecule has 3 rings (SSSR count). The minimum Gasteiger partial charge on any atom is -0.346 e. The molecule has 3 nitrogen and oxygen atoms in total. The van der Waals surface area contributed by atoms with Crippen LogP contribution in [0.1, 0.15) is 28.9 Å². The van der Waals surface area contributed by atoms with Gasteiger partial charge in [-0.3, -0.25) is 9.78 Å². The summed E-state index contributed by atoms with van der Waals surface area (Å²) < 4.78 is 0. The van der Waals surface area contributed by atoms with Gasteiger partial charge in [-0.1, -0.05) is 54.6 Å². The van der Waals surface area contributed by atoms with Gasteiger partial charge in [0.1, 0.15) is 0 Å². The van der Waals surface area contributed by atoms with Gasteiger partial charge in [-0.05, 0) is 35.7 Å². The summed E-state index contributed by atoms with van der Waals surface area (Å²) in [7, 11) is 0. The van der Waals surface area contributed by atoms with Crippen LogP contribution >= 0.6 is 0 Å². The largest absolute Gasteiger partial charge is 0.346 e. The zero-order chi connectivity index (χ0) is 16.1. The summed E-state index contributed by atoms with van der Waals surface area (Å²) in [6, 6.07) is 21.9. The van der Waals surface area contributed by atoms with E-state index in [-0.39, 0.29) is 11.9 Å². The van der Waals surface area contributed by atoms with Crippen molar-refractivity contribution < 1.29 is 4.79 Å². The molecule has 0 radical (unpaired) electrons. The number of pyridine rings is 1. The summed E-state index contributed by atoms with van der Waals surface area (Å²) in [6.07, 6.45) is 3.24. The van der Waals surface area contributed by atoms with Crippen molar-refractivity contribution in [2.45, 2.75) is 13.0 Å². The maximum absolute atomic E-state index is 12.2. The lowest BCUT2D eigenvalue weighted by molar-refractivity contribution is 0.0940. The third-order valence-electron chi connectivity index (χ3n) is 3.81. The molecule has 114 valence electrons. The Balaban J connectivity index is 1.71. The van der Waals surface area contributed by atoms with Gasteiger partial charge >= 0.3 is 0 Å². The summed E-state index contributed by atoms with van der Waals surface area (Å²) >= 11 is 0. The molecule has 1 heterocycles. The van der Waals surface area contributed by atoms with E-state index >= 15 is 0 Å². The number of carbonyl (C=O) groups excluding carboxylic acids is 1. The van der Waals surface area contributed by atoms with Crippen molar-refractivity contribution in [3.8, 4) is 11.1 Å². The molecular weight excluding hydrogens is 284 g/mol. The van der Waals surface area contributed by atoms with E-state index in [0.717, 1.165) is 5.56 Å². The maximum atomic E-state index is 12.2. The molecule has 0 unspecified atom stereocenters.